The van der Waals surface area contributed by atoms with Gasteiger partial charge in [0.25, 0.3) is 0 Å². The van der Waals surface area contributed by atoms with Gasteiger partial charge >= 0.3 is 6.18 Å². The summed E-state index contributed by atoms with van der Waals surface area (Å²) in [5, 5.41) is 9.06. The molecule has 92 valence electrons. The fraction of sp³-hybridized carbons (Fsp3) is 1.00. The molecule has 15 heavy (non-hydrogen) atoms. The smallest absolute Gasteiger partial charge is 0.383 e. The van der Waals surface area contributed by atoms with Gasteiger partial charge in [0.1, 0.15) is 0 Å². The molecule has 1 rings (SSSR count). The maximum atomic E-state index is 12.2. The summed E-state index contributed by atoms with van der Waals surface area (Å²) in [4.78, 5) is 0. The second-order valence-corrected chi connectivity index (χ2v) is 3.75. The molecule has 1 nitrogen and oxygen atoms in total. The lowest BCUT2D eigenvalue weighted by Gasteiger charge is -2.25. The van der Waals surface area contributed by atoms with Crippen LogP contribution in [-0.4, -0.2) is 17.4 Å². The van der Waals surface area contributed by atoms with E-state index in [-0.39, 0.29) is 5.92 Å². The van der Waals surface area contributed by atoms with Crippen molar-refractivity contribution in [2.75, 3.05) is 0 Å². The molecule has 1 aliphatic rings. The lowest BCUT2D eigenvalue weighted by molar-refractivity contribution is -0.222. The highest BCUT2D eigenvalue weighted by Gasteiger charge is 2.46. The molecule has 1 N–H and O–H groups in total. The third kappa shape index (κ3) is 4.01. The number of aliphatic hydroxyl groups excluding tert-OH is 1. The predicted molar refractivity (Wildman–Crippen MR) is 54.5 cm³/mol. The standard InChI is InChI=1S/C9H15F3O.C2H6/c1-2-6-4-3-5-7(6)8(13)9(10,11)12;1-2/h6-8,13H,2-5H2,1H3;1-2H3. The van der Waals surface area contributed by atoms with Crippen LogP contribution in [0.4, 0.5) is 13.2 Å². The van der Waals surface area contributed by atoms with Crippen LogP contribution in [0.2, 0.25) is 0 Å². The lowest BCUT2D eigenvalue weighted by atomic mass is 9.88. The van der Waals surface area contributed by atoms with Gasteiger partial charge in [0.05, 0.1) is 0 Å². The van der Waals surface area contributed by atoms with Crippen molar-refractivity contribution in [2.45, 2.75) is 58.7 Å². The Morgan fingerprint density at radius 1 is 1.27 bits per heavy atom. The van der Waals surface area contributed by atoms with Gasteiger partial charge in [0, 0.05) is 0 Å². The third-order valence-corrected chi connectivity index (χ3v) is 2.98. The zero-order valence-corrected chi connectivity index (χ0v) is 9.64. The molecule has 1 fully saturated rings. The predicted octanol–water partition coefficient (Wildman–Crippen LogP) is 3.76. The van der Waals surface area contributed by atoms with Gasteiger partial charge in [0.2, 0.25) is 0 Å². The number of hydrogen-bond acceptors (Lipinski definition) is 1. The van der Waals surface area contributed by atoms with E-state index in [0.29, 0.717) is 6.42 Å². The van der Waals surface area contributed by atoms with E-state index in [1.807, 2.05) is 20.8 Å². The zero-order chi connectivity index (χ0) is 12.1. The average Bonchev–Trinajstić information content (AvgIpc) is 2.65. The van der Waals surface area contributed by atoms with E-state index in [2.05, 4.69) is 0 Å². The fourth-order valence-corrected chi connectivity index (χ4v) is 2.23. The highest BCUT2D eigenvalue weighted by molar-refractivity contribution is 4.85. The van der Waals surface area contributed by atoms with Crippen LogP contribution in [0.5, 0.6) is 0 Å². The van der Waals surface area contributed by atoms with E-state index in [0.717, 1.165) is 19.3 Å². The number of hydrogen-bond donors (Lipinski definition) is 1. The molecule has 0 aromatic carbocycles. The summed E-state index contributed by atoms with van der Waals surface area (Å²) >= 11 is 0. The summed E-state index contributed by atoms with van der Waals surface area (Å²) in [6.07, 6.45) is -3.66. The molecule has 1 saturated carbocycles. The minimum atomic E-state index is -4.44. The summed E-state index contributed by atoms with van der Waals surface area (Å²) in [6.45, 7) is 5.88. The van der Waals surface area contributed by atoms with E-state index in [1.165, 1.54) is 0 Å². The number of rotatable bonds is 2. The van der Waals surface area contributed by atoms with Gasteiger partial charge in [-0.2, -0.15) is 13.2 Å². The third-order valence-electron chi connectivity index (χ3n) is 2.98. The molecule has 0 aliphatic heterocycles. The molecule has 0 aromatic heterocycles. The van der Waals surface area contributed by atoms with Crippen molar-refractivity contribution < 1.29 is 18.3 Å². The molecule has 3 atom stereocenters. The summed E-state index contributed by atoms with van der Waals surface area (Å²) < 4.78 is 36.5. The molecular weight excluding hydrogens is 205 g/mol. The van der Waals surface area contributed by atoms with Crippen LogP contribution in [0.3, 0.4) is 0 Å². The molecule has 4 heteroatoms. The Morgan fingerprint density at radius 3 is 2.20 bits per heavy atom. The number of aliphatic hydroxyl groups is 1. The van der Waals surface area contributed by atoms with Crippen molar-refractivity contribution in [3.63, 3.8) is 0 Å². The van der Waals surface area contributed by atoms with Gasteiger partial charge in [-0.05, 0) is 18.3 Å². The van der Waals surface area contributed by atoms with Crippen molar-refractivity contribution in [1.29, 1.82) is 0 Å². The first kappa shape index (κ1) is 14.8. The van der Waals surface area contributed by atoms with E-state index in [1.54, 1.807) is 0 Å². The quantitative estimate of drug-likeness (QED) is 0.760. The number of halogens is 3. The van der Waals surface area contributed by atoms with Crippen molar-refractivity contribution in [2.24, 2.45) is 11.8 Å². The van der Waals surface area contributed by atoms with Gasteiger partial charge in [-0.3, -0.25) is 0 Å². The summed E-state index contributed by atoms with van der Waals surface area (Å²) in [6, 6.07) is 0. The minimum absolute atomic E-state index is 0.0524. The first-order valence-corrected chi connectivity index (χ1v) is 5.71. The van der Waals surface area contributed by atoms with Gasteiger partial charge in [-0.15, -0.1) is 0 Å². The minimum Gasteiger partial charge on any atom is -0.383 e. The topological polar surface area (TPSA) is 20.2 Å². The second kappa shape index (κ2) is 6.36. The monoisotopic (exact) mass is 226 g/mol. The van der Waals surface area contributed by atoms with Crippen LogP contribution >= 0.6 is 0 Å². The Morgan fingerprint density at radius 2 is 1.80 bits per heavy atom. The van der Waals surface area contributed by atoms with E-state index in [9.17, 15) is 13.2 Å². The van der Waals surface area contributed by atoms with Gasteiger partial charge in [-0.25, -0.2) is 0 Å². The van der Waals surface area contributed by atoms with Crippen LogP contribution in [0.15, 0.2) is 0 Å². The lowest BCUT2D eigenvalue weighted by Crippen LogP contribution is -2.37. The Hall–Kier alpha value is -0.250. The van der Waals surface area contributed by atoms with Gasteiger partial charge in [0.15, 0.2) is 6.10 Å². The molecule has 3 unspecified atom stereocenters. The molecule has 1 aliphatic carbocycles. The SMILES string of the molecule is CC.CCC1CCCC1C(O)C(F)(F)F. The highest BCUT2D eigenvalue weighted by atomic mass is 19.4. The average molecular weight is 226 g/mol. The largest absolute Gasteiger partial charge is 0.414 e. The Balaban J connectivity index is 0.000000921. The zero-order valence-electron chi connectivity index (χ0n) is 9.64. The molecular formula is C11H21F3O. The molecule has 0 aromatic rings. The van der Waals surface area contributed by atoms with Crippen molar-refractivity contribution in [3.05, 3.63) is 0 Å². The van der Waals surface area contributed by atoms with Gasteiger partial charge in [-0.1, -0.05) is 40.0 Å². The van der Waals surface area contributed by atoms with Crippen LogP contribution < -0.4 is 0 Å². The molecule has 0 spiro atoms. The second-order valence-electron chi connectivity index (χ2n) is 3.75. The maximum Gasteiger partial charge on any atom is 0.414 e. The van der Waals surface area contributed by atoms with E-state index >= 15 is 0 Å². The molecule has 0 saturated heterocycles. The normalized spacial score (nSPS) is 28.2. The Bertz CT molecular complexity index is 168. The Labute approximate surface area is 89.7 Å². The molecule has 0 bridgehead atoms. The summed E-state index contributed by atoms with van der Waals surface area (Å²) in [5.41, 5.74) is 0. The van der Waals surface area contributed by atoms with Crippen molar-refractivity contribution in [1.82, 2.24) is 0 Å². The van der Waals surface area contributed by atoms with Crippen molar-refractivity contribution >= 4 is 0 Å². The van der Waals surface area contributed by atoms with E-state index in [4.69, 9.17) is 5.11 Å². The van der Waals surface area contributed by atoms with E-state index < -0.39 is 18.2 Å². The molecule has 0 amide bonds. The highest BCUT2D eigenvalue weighted by Crippen LogP contribution is 2.40. The molecule has 0 radical (unpaired) electrons. The first-order chi connectivity index (χ1) is 6.96. The molecule has 0 heterocycles. The van der Waals surface area contributed by atoms with Crippen molar-refractivity contribution in [3.8, 4) is 0 Å². The summed E-state index contributed by atoms with van der Waals surface area (Å²) in [5.74, 6) is -0.512. The summed E-state index contributed by atoms with van der Waals surface area (Å²) in [7, 11) is 0. The van der Waals surface area contributed by atoms with Crippen LogP contribution in [-0.2, 0) is 0 Å². The fourth-order valence-electron chi connectivity index (χ4n) is 2.23. The van der Waals surface area contributed by atoms with Crippen LogP contribution in [0.25, 0.3) is 0 Å². The maximum absolute atomic E-state index is 12.2. The van der Waals surface area contributed by atoms with Crippen LogP contribution in [0.1, 0.15) is 46.5 Å². The Kier molecular flexibility index (Phi) is 6.25. The van der Waals surface area contributed by atoms with Crippen LogP contribution in [0, 0.1) is 11.8 Å². The number of alkyl halides is 3. The first-order valence-electron chi connectivity index (χ1n) is 5.71. The van der Waals surface area contributed by atoms with Gasteiger partial charge < -0.3 is 5.11 Å².